The van der Waals surface area contributed by atoms with Crippen molar-refractivity contribution in [3.8, 4) is 17.6 Å². The highest BCUT2D eigenvalue weighted by molar-refractivity contribution is 7.89. The van der Waals surface area contributed by atoms with Gasteiger partial charge in [0.15, 0.2) is 0 Å². The monoisotopic (exact) mass is 443 g/mol. The minimum absolute atomic E-state index is 0.0792. The molecule has 166 valence electrons. The molecule has 3 rings (SSSR count). The van der Waals surface area contributed by atoms with E-state index < -0.39 is 16.1 Å². The number of benzene rings is 1. The maximum Gasteiger partial charge on any atom is 0.247 e. The first-order chi connectivity index (χ1) is 14.7. The number of aliphatic hydroxyl groups excluding tert-OH is 1. The Morgan fingerprint density at radius 3 is 2.68 bits per heavy atom. The van der Waals surface area contributed by atoms with Gasteiger partial charge >= 0.3 is 0 Å². The third-order valence-corrected chi connectivity index (χ3v) is 7.24. The first-order valence-corrected chi connectivity index (χ1v) is 11.7. The standard InChI is InChI=1S/C23H29N3O4S/c1-17-14-26(18(2)16-27)31(28,29)23-10-9-19(7-8-20-6-5-11-24-13-20)12-21(23)30-22(17)15-25(3)4/h5-6,9-13,17-18,22,27H,14-16H2,1-4H3/t17-,18-,22-/m1/s1. The molecular formula is C23H29N3O4S. The van der Waals surface area contributed by atoms with Crippen LogP contribution >= 0.6 is 0 Å². The molecule has 0 bridgehead atoms. The van der Waals surface area contributed by atoms with Gasteiger partial charge in [0.1, 0.15) is 16.7 Å². The Bertz CT molecular complexity index is 1060. The summed E-state index contributed by atoms with van der Waals surface area (Å²) in [5.41, 5.74) is 1.42. The van der Waals surface area contributed by atoms with Crippen LogP contribution in [0.25, 0.3) is 0 Å². The molecule has 1 aliphatic heterocycles. The molecule has 1 aromatic carbocycles. The highest BCUT2D eigenvalue weighted by atomic mass is 32.2. The SMILES string of the molecule is C[C@@H]1CN([C@H](C)CO)S(=O)(=O)c2ccc(C#Cc3cccnc3)cc2O[C@@H]1CN(C)C. The smallest absolute Gasteiger partial charge is 0.247 e. The van der Waals surface area contributed by atoms with Crippen molar-refractivity contribution < 1.29 is 18.3 Å². The molecule has 0 amide bonds. The van der Waals surface area contributed by atoms with Gasteiger partial charge < -0.3 is 14.7 Å². The van der Waals surface area contributed by atoms with Crippen LogP contribution in [0, 0.1) is 17.8 Å². The molecule has 0 aliphatic carbocycles. The van der Waals surface area contributed by atoms with Crippen molar-refractivity contribution in [1.82, 2.24) is 14.2 Å². The lowest BCUT2D eigenvalue weighted by Gasteiger charge is -2.37. The van der Waals surface area contributed by atoms with Crippen LogP contribution in [0.2, 0.25) is 0 Å². The summed E-state index contributed by atoms with van der Waals surface area (Å²) in [6.07, 6.45) is 3.13. The van der Waals surface area contributed by atoms with Gasteiger partial charge in [0, 0.05) is 48.6 Å². The predicted octanol–water partition coefficient (Wildman–Crippen LogP) is 1.81. The minimum Gasteiger partial charge on any atom is -0.487 e. The van der Waals surface area contributed by atoms with E-state index in [0.29, 0.717) is 12.1 Å². The number of aliphatic hydroxyl groups is 1. The van der Waals surface area contributed by atoms with E-state index >= 15 is 0 Å². The molecule has 0 radical (unpaired) electrons. The summed E-state index contributed by atoms with van der Waals surface area (Å²) in [6, 6.07) is 8.03. The van der Waals surface area contributed by atoms with Crippen molar-refractivity contribution in [1.29, 1.82) is 0 Å². The molecule has 0 unspecified atom stereocenters. The molecule has 2 aromatic rings. The van der Waals surface area contributed by atoms with Crippen LogP contribution < -0.4 is 4.74 Å². The number of hydrogen-bond acceptors (Lipinski definition) is 6. The van der Waals surface area contributed by atoms with E-state index in [1.54, 1.807) is 31.5 Å². The van der Waals surface area contributed by atoms with Gasteiger partial charge in [-0.3, -0.25) is 4.98 Å². The molecular weight excluding hydrogens is 414 g/mol. The van der Waals surface area contributed by atoms with E-state index in [9.17, 15) is 13.5 Å². The summed E-state index contributed by atoms with van der Waals surface area (Å²) in [6.45, 7) is 4.33. The van der Waals surface area contributed by atoms with Gasteiger partial charge in [-0.15, -0.1) is 0 Å². The third kappa shape index (κ3) is 5.43. The molecule has 7 nitrogen and oxygen atoms in total. The van der Waals surface area contributed by atoms with E-state index in [1.165, 1.54) is 10.4 Å². The normalized spacial score (nSPS) is 21.7. The number of hydrogen-bond donors (Lipinski definition) is 1. The lowest BCUT2D eigenvalue weighted by Crippen LogP contribution is -2.49. The predicted molar refractivity (Wildman–Crippen MR) is 119 cm³/mol. The van der Waals surface area contributed by atoms with Crippen LogP contribution in [-0.2, 0) is 10.0 Å². The van der Waals surface area contributed by atoms with Crippen LogP contribution in [0.4, 0.5) is 0 Å². The van der Waals surface area contributed by atoms with E-state index in [-0.39, 0.29) is 35.8 Å². The molecule has 1 N–H and O–H groups in total. The maximum atomic E-state index is 13.4. The van der Waals surface area contributed by atoms with Crippen LogP contribution in [0.3, 0.4) is 0 Å². The largest absolute Gasteiger partial charge is 0.487 e. The lowest BCUT2D eigenvalue weighted by atomic mass is 10.0. The fourth-order valence-corrected chi connectivity index (χ4v) is 5.29. The Balaban J connectivity index is 2.08. The van der Waals surface area contributed by atoms with Gasteiger partial charge in [0.2, 0.25) is 10.0 Å². The Morgan fingerprint density at radius 1 is 1.29 bits per heavy atom. The number of rotatable bonds is 4. The van der Waals surface area contributed by atoms with Crippen LogP contribution in [0.15, 0.2) is 47.6 Å². The fourth-order valence-electron chi connectivity index (χ4n) is 3.46. The lowest BCUT2D eigenvalue weighted by molar-refractivity contribution is 0.0812. The van der Waals surface area contributed by atoms with Gasteiger partial charge in [-0.05, 0) is 51.4 Å². The first-order valence-electron chi connectivity index (χ1n) is 10.2. The quantitative estimate of drug-likeness (QED) is 0.726. The summed E-state index contributed by atoms with van der Waals surface area (Å²) < 4.78 is 34.5. The van der Waals surface area contributed by atoms with Crippen LogP contribution in [0.1, 0.15) is 25.0 Å². The van der Waals surface area contributed by atoms with E-state index in [2.05, 4.69) is 16.8 Å². The Morgan fingerprint density at radius 2 is 2.03 bits per heavy atom. The zero-order valence-corrected chi connectivity index (χ0v) is 19.1. The number of likely N-dealkylation sites (N-methyl/N-ethyl adjacent to an activating group) is 1. The van der Waals surface area contributed by atoms with Gasteiger partial charge in [-0.25, -0.2) is 8.42 Å². The summed E-state index contributed by atoms with van der Waals surface area (Å²) in [5, 5.41) is 9.68. The second-order valence-corrected chi connectivity index (χ2v) is 10.0. The Labute approximate surface area is 184 Å². The summed E-state index contributed by atoms with van der Waals surface area (Å²) in [5.74, 6) is 6.30. The molecule has 0 spiro atoms. The molecule has 0 fully saturated rings. The van der Waals surface area contributed by atoms with Crippen molar-refractivity contribution in [2.45, 2.75) is 30.9 Å². The number of aromatic nitrogens is 1. The maximum absolute atomic E-state index is 13.4. The average molecular weight is 444 g/mol. The Hall–Kier alpha value is -2.44. The molecule has 3 atom stereocenters. The number of fused-ring (bicyclic) bond motifs is 1. The van der Waals surface area contributed by atoms with Crippen molar-refractivity contribution in [2.75, 3.05) is 33.8 Å². The van der Waals surface area contributed by atoms with E-state index in [1.807, 2.05) is 38.1 Å². The average Bonchev–Trinajstić information content (AvgIpc) is 2.74. The second-order valence-electron chi connectivity index (χ2n) is 8.16. The third-order valence-electron chi connectivity index (χ3n) is 5.22. The van der Waals surface area contributed by atoms with Gasteiger partial charge in [-0.1, -0.05) is 18.8 Å². The summed E-state index contributed by atoms with van der Waals surface area (Å²) in [7, 11) is 0.0634. The zero-order chi connectivity index (χ0) is 22.6. The number of sulfonamides is 1. The van der Waals surface area contributed by atoms with Gasteiger partial charge in [0.05, 0.1) is 6.61 Å². The second kappa shape index (κ2) is 9.79. The topological polar surface area (TPSA) is 83.0 Å². The molecule has 31 heavy (non-hydrogen) atoms. The molecule has 8 heteroatoms. The highest BCUT2D eigenvalue weighted by Crippen LogP contribution is 2.34. The van der Waals surface area contributed by atoms with E-state index in [0.717, 1.165) is 5.56 Å². The first kappa shape index (κ1) is 23.2. The van der Waals surface area contributed by atoms with Crippen molar-refractivity contribution in [3.63, 3.8) is 0 Å². The van der Waals surface area contributed by atoms with Gasteiger partial charge in [0.25, 0.3) is 0 Å². The summed E-state index contributed by atoms with van der Waals surface area (Å²) >= 11 is 0. The molecule has 2 heterocycles. The summed E-state index contributed by atoms with van der Waals surface area (Å²) in [4.78, 5) is 6.16. The zero-order valence-electron chi connectivity index (χ0n) is 18.3. The van der Waals surface area contributed by atoms with Crippen LogP contribution in [-0.4, -0.2) is 73.7 Å². The van der Waals surface area contributed by atoms with E-state index in [4.69, 9.17) is 4.74 Å². The molecule has 1 aliphatic rings. The molecule has 0 saturated carbocycles. The van der Waals surface area contributed by atoms with Crippen molar-refractivity contribution in [3.05, 3.63) is 53.9 Å². The number of pyridine rings is 1. The van der Waals surface area contributed by atoms with Crippen LogP contribution in [0.5, 0.6) is 5.75 Å². The van der Waals surface area contributed by atoms with Gasteiger partial charge in [-0.2, -0.15) is 4.31 Å². The minimum atomic E-state index is -3.85. The van der Waals surface area contributed by atoms with Crippen molar-refractivity contribution in [2.24, 2.45) is 5.92 Å². The Kier molecular flexibility index (Phi) is 7.34. The highest BCUT2D eigenvalue weighted by Gasteiger charge is 2.37. The molecule has 1 aromatic heterocycles. The number of nitrogens with zero attached hydrogens (tertiary/aromatic N) is 3. The molecule has 0 saturated heterocycles. The fraction of sp³-hybridized carbons (Fsp3) is 0.435. The number of ether oxygens (including phenoxy) is 1. The van der Waals surface area contributed by atoms with Crippen molar-refractivity contribution >= 4 is 10.0 Å².